The zero-order chi connectivity index (χ0) is 18.6. The molecular formula is C21H26ClNO2S2. The zero-order valence-electron chi connectivity index (χ0n) is 15.5. The first kappa shape index (κ1) is 22.1. The Labute approximate surface area is 175 Å². The van der Waals surface area contributed by atoms with Crippen LogP contribution in [0.3, 0.4) is 0 Å². The van der Waals surface area contributed by atoms with Crippen molar-refractivity contribution in [3.63, 3.8) is 0 Å². The summed E-state index contributed by atoms with van der Waals surface area (Å²) < 4.78 is 0. The van der Waals surface area contributed by atoms with Crippen molar-refractivity contribution in [2.24, 2.45) is 0 Å². The van der Waals surface area contributed by atoms with Gasteiger partial charge < -0.3 is 27.9 Å². The molecule has 0 aliphatic carbocycles. The molecule has 0 aliphatic heterocycles. The average molecular weight is 424 g/mol. The second-order valence-electron chi connectivity index (χ2n) is 6.77. The van der Waals surface area contributed by atoms with Gasteiger partial charge in [-0.15, -0.1) is 11.3 Å². The lowest BCUT2D eigenvalue weighted by molar-refractivity contribution is -0.696. The van der Waals surface area contributed by atoms with Crippen LogP contribution in [0.4, 0.5) is 0 Å². The van der Waals surface area contributed by atoms with E-state index >= 15 is 0 Å². The molecule has 3 atom stereocenters. The lowest BCUT2D eigenvalue weighted by atomic mass is 9.90. The van der Waals surface area contributed by atoms with Crippen LogP contribution in [0.1, 0.15) is 40.3 Å². The van der Waals surface area contributed by atoms with Crippen LogP contribution < -0.4 is 17.7 Å². The standard InChI is InChI=1S/C21H25NO2S2.ClH/c1-15-8-9-19(26-15)21(24,18-10-13-25-14-18)11-12-22-16(2)20(23)17-6-4-3-5-7-17;/h3-10,13-14,16,20,22-24H,11-12H2,1-2H3;1H. The largest absolute Gasteiger partial charge is 1.00 e. The van der Waals surface area contributed by atoms with Crippen molar-refractivity contribution >= 4 is 22.7 Å². The van der Waals surface area contributed by atoms with E-state index in [-0.39, 0.29) is 18.4 Å². The van der Waals surface area contributed by atoms with Gasteiger partial charge in [0.15, 0.2) is 0 Å². The quantitative estimate of drug-likeness (QED) is 0.492. The molecule has 3 rings (SSSR count). The highest BCUT2D eigenvalue weighted by atomic mass is 35.5. The van der Waals surface area contributed by atoms with E-state index in [1.54, 1.807) is 22.7 Å². The summed E-state index contributed by atoms with van der Waals surface area (Å²) in [6.45, 7) is 4.82. The van der Waals surface area contributed by atoms with E-state index in [9.17, 15) is 10.2 Å². The first-order chi connectivity index (χ1) is 12.5. The molecule has 0 aliphatic rings. The van der Waals surface area contributed by atoms with Crippen LogP contribution in [0.25, 0.3) is 0 Å². The highest BCUT2D eigenvalue weighted by Crippen LogP contribution is 2.37. The molecule has 3 unspecified atom stereocenters. The Morgan fingerprint density at radius 1 is 1.11 bits per heavy atom. The van der Waals surface area contributed by atoms with Gasteiger partial charge in [-0.05, 0) is 53.9 Å². The number of aryl methyl sites for hydroxylation is 1. The van der Waals surface area contributed by atoms with Gasteiger partial charge in [-0.1, -0.05) is 30.3 Å². The molecule has 0 spiro atoms. The van der Waals surface area contributed by atoms with E-state index < -0.39 is 11.7 Å². The summed E-state index contributed by atoms with van der Waals surface area (Å²) in [4.78, 5) is 2.18. The lowest BCUT2D eigenvalue weighted by Gasteiger charge is -2.27. The summed E-state index contributed by atoms with van der Waals surface area (Å²) in [5.74, 6) is 0. The second kappa shape index (κ2) is 9.82. The van der Waals surface area contributed by atoms with Crippen LogP contribution in [-0.4, -0.2) is 22.8 Å². The Balaban J connectivity index is 0.00000261. The topological polar surface area (TPSA) is 57.1 Å². The molecule has 4 N–H and O–H groups in total. The lowest BCUT2D eigenvalue weighted by Crippen LogP contribution is -3.00. The maximum absolute atomic E-state index is 11.5. The number of nitrogens with two attached hydrogens (primary N) is 1. The second-order valence-corrected chi connectivity index (χ2v) is 8.84. The average Bonchev–Trinajstić information content (AvgIpc) is 3.34. The molecule has 0 saturated carbocycles. The maximum Gasteiger partial charge on any atom is 0.130 e. The first-order valence-corrected chi connectivity index (χ1v) is 10.6. The first-order valence-electron chi connectivity index (χ1n) is 8.89. The summed E-state index contributed by atoms with van der Waals surface area (Å²) in [6.07, 6.45) is 0.0876. The van der Waals surface area contributed by atoms with Gasteiger partial charge in [-0.3, -0.25) is 0 Å². The molecule has 6 heteroatoms. The number of benzene rings is 1. The monoisotopic (exact) mass is 423 g/mol. The van der Waals surface area contributed by atoms with Crippen molar-refractivity contribution < 1.29 is 27.9 Å². The van der Waals surface area contributed by atoms with E-state index in [2.05, 4.69) is 18.3 Å². The number of aliphatic hydroxyl groups excluding tert-OH is 1. The Morgan fingerprint density at radius 2 is 1.85 bits per heavy atom. The van der Waals surface area contributed by atoms with Crippen molar-refractivity contribution in [3.05, 3.63) is 80.2 Å². The Bertz CT molecular complexity index is 807. The van der Waals surface area contributed by atoms with E-state index in [4.69, 9.17) is 0 Å². The number of halogens is 1. The van der Waals surface area contributed by atoms with E-state index in [1.165, 1.54) is 4.88 Å². The van der Waals surface area contributed by atoms with Crippen LogP contribution in [0, 0.1) is 6.92 Å². The normalized spacial score (nSPS) is 15.6. The third-order valence-electron chi connectivity index (χ3n) is 4.83. The molecule has 0 bridgehead atoms. The fourth-order valence-corrected chi connectivity index (χ4v) is 4.94. The van der Waals surface area contributed by atoms with Crippen LogP contribution in [0.15, 0.2) is 59.3 Å². The van der Waals surface area contributed by atoms with Crippen molar-refractivity contribution in [3.8, 4) is 0 Å². The molecule has 146 valence electrons. The SMILES string of the molecule is Cc1ccc(C(O)(CC[NH2+]C(C)C(O)c2ccccc2)c2ccsc2)s1.[Cl-]. The smallest absolute Gasteiger partial charge is 0.130 e. The van der Waals surface area contributed by atoms with Crippen LogP contribution >= 0.6 is 22.7 Å². The molecule has 0 amide bonds. The van der Waals surface area contributed by atoms with Gasteiger partial charge in [-0.25, -0.2) is 0 Å². The third-order valence-corrected chi connectivity index (χ3v) is 6.67. The highest BCUT2D eigenvalue weighted by molar-refractivity contribution is 7.12. The molecule has 1 aromatic carbocycles. The van der Waals surface area contributed by atoms with E-state index in [1.807, 2.05) is 60.1 Å². The summed E-state index contributed by atoms with van der Waals surface area (Å²) >= 11 is 3.25. The summed E-state index contributed by atoms with van der Waals surface area (Å²) in [6, 6.07) is 15.9. The molecular weight excluding hydrogens is 398 g/mol. The predicted octanol–water partition coefficient (Wildman–Crippen LogP) is 0.434. The van der Waals surface area contributed by atoms with Gasteiger partial charge >= 0.3 is 0 Å². The fraction of sp³-hybridized carbons (Fsp3) is 0.333. The Hall–Kier alpha value is -1.21. The minimum Gasteiger partial charge on any atom is -1.00 e. The van der Waals surface area contributed by atoms with Crippen molar-refractivity contribution in [1.29, 1.82) is 0 Å². The number of aliphatic hydroxyl groups is 2. The number of rotatable bonds is 8. The molecule has 2 aromatic heterocycles. The van der Waals surface area contributed by atoms with Gasteiger partial charge in [0.05, 0.1) is 6.54 Å². The summed E-state index contributed by atoms with van der Waals surface area (Å²) in [7, 11) is 0. The molecule has 3 nitrogen and oxygen atoms in total. The number of quaternary nitrogens is 1. The molecule has 0 saturated heterocycles. The van der Waals surface area contributed by atoms with Crippen LogP contribution in [0.2, 0.25) is 0 Å². The fourth-order valence-electron chi connectivity index (χ4n) is 3.20. The molecule has 0 fully saturated rings. The number of hydrogen-bond donors (Lipinski definition) is 3. The highest BCUT2D eigenvalue weighted by Gasteiger charge is 2.34. The van der Waals surface area contributed by atoms with E-state index in [0.29, 0.717) is 6.42 Å². The Kier molecular flexibility index (Phi) is 8.04. The van der Waals surface area contributed by atoms with E-state index in [0.717, 1.165) is 22.5 Å². The van der Waals surface area contributed by atoms with Crippen molar-refractivity contribution in [1.82, 2.24) is 0 Å². The van der Waals surface area contributed by atoms with Crippen molar-refractivity contribution in [2.75, 3.05) is 6.54 Å². The predicted molar refractivity (Wildman–Crippen MR) is 109 cm³/mol. The molecule has 0 radical (unpaired) electrons. The molecule has 3 aromatic rings. The van der Waals surface area contributed by atoms with Gasteiger partial charge in [0.2, 0.25) is 0 Å². The van der Waals surface area contributed by atoms with Gasteiger partial charge in [0.1, 0.15) is 17.7 Å². The number of hydrogen-bond acceptors (Lipinski definition) is 4. The van der Waals surface area contributed by atoms with Crippen LogP contribution in [-0.2, 0) is 5.60 Å². The van der Waals surface area contributed by atoms with Gasteiger partial charge in [-0.2, -0.15) is 11.3 Å². The van der Waals surface area contributed by atoms with Crippen LogP contribution in [0.5, 0.6) is 0 Å². The summed E-state index contributed by atoms with van der Waals surface area (Å²) in [5.41, 5.74) is 0.916. The van der Waals surface area contributed by atoms with Crippen molar-refractivity contribution in [2.45, 2.75) is 38.0 Å². The number of thiophene rings is 2. The minimum absolute atomic E-state index is 0. The third kappa shape index (κ3) is 5.19. The van der Waals surface area contributed by atoms with Gasteiger partial charge in [0.25, 0.3) is 0 Å². The zero-order valence-corrected chi connectivity index (χ0v) is 17.9. The van der Waals surface area contributed by atoms with Gasteiger partial charge in [0, 0.05) is 16.2 Å². The molecule has 27 heavy (non-hydrogen) atoms. The minimum atomic E-state index is -0.965. The Morgan fingerprint density at radius 3 is 2.44 bits per heavy atom. The summed E-state index contributed by atoms with van der Waals surface area (Å²) in [5, 5.41) is 28.1. The maximum atomic E-state index is 11.5. The molecule has 2 heterocycles.